The zero-order valence-corrected chi connectivity index (χ0v) is 11.2. The molecule has 2 amide bonds. The highest BCUT2D eigenvalue weighted by Gasteiger charge is 2.46. The molecule has 0 spiro atoms. The fourth-order valence-electron chi connectivity index (χ4n) is 2.10. The number of carboxylic acid groups (broad SMARTS) is 1. The number of rotatable bonds is 5. The van der Waals surface area contributed by atoms with Gasteiger partial charge in [0.15, 0.2) is 5.76 Å². The molecule has 7 nitrogen and oxygen atoms in total. The molecule has 21 heavy (non-hydrogen) atoms. The van der Waals surface area contributed by atoms with Crippen LogP contribution in [0, 0.1) is 0 Å². The number of carboxylic acids is 1. The number of halogens is 1. The van der Waals surface area contributed by atoms with Crippen LogP contribution in [-0.4, -0.2) is 53.1 Å². The lowest BCUT2D eigenvalue weighted by Gasteiger charge is -2.17. The van der Waals surface area contributed by atoms with Gasteiger partial charge in [-0.25, -0.2) is 9.18 Å². The standard InChI is InChI=1S/C13H15FN2O5/c14-13(12(19)20)4-6-16(8-13)10(17)3-5-15-11(18)9-2-1-7-21-9/h1-2,7H,3-6,8H2,(H,15,18)(H,19,20). The van der Waals surface area contributed by atoms with Crippen LogP contribution in [0.15, 0.2) is 22.8 Å². The molecule has 114 valence electrons. The minimum absolute atomic E-state index is 0.0256. The lowest BCUT2D eigenvalue weighted by molar-refractivity contribution is -0.150. The van der Waals surface area contributed by atoms with Crippen LogP contribution < -0.4 is 5.32 Å². The molecular formula is C13H15FN2O5. The maximum atomic E-state index is 13.8. The Morgan fingerprint density at radius 3 is 2.81 bits per heavy atom. The number of hydrogen-bond donors (Lipinski definition) is 2. The molecule has 2 N–H and O–H groups in total. The van der Waals surface area contributed by atoms with E-state index in [1.165, 1.54) is 12.3 Å². The number of carbonyl (C=O) groups is 3. The maximum absolute atomic E-state index is 13.8. The van der Waals surface area contributed by atoms with Crippen molar-refractivity contribution in [1.29, 1.82) is 0 Å². The van der Waals surface area contributed by atoms with Crippen LogP contribution >= 0.6 is 0 Å². The summed E-state index contributed by atoms with van der Waals surface area (Å²) in [6.45, 7) is -0.317. The van der Waals surface area contributed by atoms with Crippen molar-refractivity contribution < 1.29 is 28.3 Å². The first-order valence-corrected chi connectivity index (χ1v) is 6.44. The molecule has 1 unspecified atom stereocenters. The van der Waals surface area contributed by atoms with Crippen LogP contribution in [0.25, 0.3) is 0 Å². The van der Waals surface area contributed by atoms with Gasteiger partial charge in [-0.05, 0) is 12.1 Å². The van der Waals surface area contributed by atoms with Gasteiger partial charge in [0.2, 0.25) is 11.6 Å². The van der Waals surface area contributed by atoms with Gasteiger partial charge in [-0.1, -0.05) is 0 Å². The van der Waals surface area contributed by atoms with Crippen LogP contribution in [-0.2, 0) is 9.59 Å². The molecule has 0 radical (unpaired) electrons. The summed E-state index contributed by atoms with van der Waals surface area (Å²) in [4.78, 5) is 35.3. The molecular weight excluding hydrogens is 283 g/mol. The number of amides is 2. The number of likely N-dealkylation sites (tertiary alicyclic amines) is 1. The first kappa shape index (κ1) is 15.0. The topological polar surface area (TPSA) is 99.9 Å². The quantitative estimate of drug-likeness (QED) is 0.821. The van der Waals surface area contributed by atoms with E-state index < -0.39 is 30.0 Å². The van der Waals surface area contributed by atoms with E-state index in [-0.39, 0.29) is 31.7 Å². The summed E-state index contributed by atoms with van der Waals surface area (Å²) in [5, 5.41) is 11.2. The molecule has 2 heterocycles. The molecule has 0 aliphatic carbocycles. The maximum Gasteiger partial charge on any atom is 0.343 e. The van der Waals surface area contributed by atoms with E-state index in [0.29, 0.717) is 0 Å². The third-order valence-electron chi connectivity index (χ3n) is 3.32. The Morgan fingerprint density at radius 2 is 2.24 bits per heavy atom. The second kappa shape index (κ2) is 5.94. The predicted octanol–water partition coefficient (Wildman–Crippen LogP) is 0.425. The van der Waals surface area contributed by atoms with Crippen LogP contribution in [0.5, 0.6) is 0 Å². The zero-order valence-electron chi connectivity index (χ0n) is 11.2. The van der Waals surface area contributed by atoms with Crippen molar-refractivity contribution in [2.24, 2.45) is 0 Å². The van der Waals surface area contributed by atoms with Crippen LogP contribution in [0.4, 0.5) is 4.39 Å². The van der Waals surface area contributed by atoms with Gasteiger partial charge in [-0.15, -0.1) is 0 Å². The van der Waals surface area contributed by atoms with E-state index in [1.807, 2.05) is 0 Å². The molecule has 1 aliphatic heterocycles. The van der Waals surface area contributed by atoms with Crippen molar-refractivity contribution in [3.63, 3.8) is 0 Å². The van der Waals surface area contributed by atoms with Crippen molar-refractivity contribution in [1.82, 2.24) is 10.2 Å². The Labute approximate surface area is 119 Å². The first-order valence-electron chi connectivity index (χ1n) is 6.44. The largest absolute Gasteiger partial charge is 0.479 e. The van der Waals surface area contributed by atoms with Gasteiger partial charge >= 0.3 is 5.97 Å². The first-order chi connectivity index (χ1) is 9.92. The third-order valence-corrected chi connectivity index (χ3v) is 3.32. The molecule has 1 aromatic heterocycles. The number of alkyl halides is 1. The minimum Gasteiger partial charge on any atom is -0.479 e. The van der Waals surface area contributed by atoms with Crippen molar-refractivity contribution in [3.8, 4) is 0 Å². The molecule has 1 saturated heterocycles. The molecule has 0 bridgehead atoms. The summed E-state index contributed by atoms with van der Waals surface area (Å²) < 4.78 is 18.7. The molecule has 0 aromatic carbocycles. The SMILES string of the molecule is O=C(NCCC(=O)N1CCC(F)(C(=O)O)C1)c1ccco1. The van der Waals surface area contributed by atoms with Gasteiger partial charge in [0.25, 0.3) is 5.91 Å². The predicted molar refractivity (Wildman–Crippen MR) is 68.3 cm³/mol. The van der Waals surface area contributed by atoms with E-state index in [4.69, 9.17) is 9.52 Å². The van der Waals surface area contributed by atoms with Gasteiger partial charge in [0, 0.05) is 25.9 Å². The lowest BCUT2D eigenvalue weighted by Crippen LogP contribution is -2.39. The van der Waals surface area contributed by atoms with E-state index >= 15 is 0 Å². The normalized spacial score (nSPS) is 21.3. The summed E-state index contributed by atoms with van der Waals surface area (Å²) >= 11 is 0. The highest BCUT2D eigenvalue weighted by molar-refractivity contribution is 5.91. The molecule has 0 saturated carbocycles. The van der Waals surface area contributed by atoms with Crippen molar-refractivity contribution in [2.45, 2.75) is 18.5 Å². The van der Waals surface area contributed by atoms with Gasteiger partial charge < -0.3 is 19.7 Å². The Bertz CT molecular complexity index is 545. The minimum atomic E-state index is -2.37. The average molecular weight is 298 g/mol. The number of nitrogens with zero attached hydrogens (tertiary/aromatic N) is 1. The number of carbonyl (C=O) groups excluding carboxylic acids is 2. The number of furan rings is 1. The molecule has 1 aliphatic rings. The lowest BCUT2D eigenvalue weighted by atomic mass is 10.1. The smallest absolute Gasteiger partial charge is 0.343 e. The number of aliphatic carboxylic acids is 1. The fraction of sp³-hybridized carbons (Fsp3) is 0.462. The van der Waals surface area contributed by atoms with Gasteiger partial charge in [-0.2, -0.15) is 0 Å². The highest BCUT2D eigenvalue weighted by atomic mass is 19.1. The Hall–Kier alpha value is -2.38. The van der Waals surface area contributed by atoms with Gasteiger partial charge in [-0.3, -0.25) is 9.59 Å². The van der Waals surface area contributed by atoms with Crippen molar-refractivity contribution in [3.05, 3.63) is 24.2 Å². The molecule has 1 fully saturated rings. The summed E-state index contributed by atoms with van der Waals surface area (Å²) in [5.41, 5.74) is -2.37. The second-order valence-electron chi connectivity index (χ2n) is 4.82. The van der Waals surface area contributed by atoms with Crippen molar-refractivity contribution >= 4 is 17.8 Å². The zero-order chi connectivity index (χ0) is 15.5. The Morgan fingerprint density at radius 1 is 1.48 bits per heavy atom. The third kappa shape index (κ3) is 3.39. The van der Waals surface area contributed by atoms with Gasteiger partial charge in [0.1, 0.15) is 0 Å². The summed E-state index contributed by atoms with van der Waals surface area (Å²) in [5.74, 6) is -2.25. The molecule has 2 rings (SSSR count). The average Bonchev–Trinajstić information content (AvgIpc) is 3.08. The number of nitrogens with one attached hydrogen (secondary N) is 1. The van der Waals surface area contributed by atoms with Crippen molar-refractivity contribution in [2.75, 3.05) is 19.6 Å². The highest BCUT2D eigenvalue weighted by Crippen LogP contribution is 2.26. The van der Waals surface area contributed by atoms with E-state index in [1.54, 1.807) is 6.07 Å². The Balaban J connectivity index is 1.76. The monoisotopic (exact) mass is 298 g/mol. The molecule has 8 heteroatoms. The second-order valence-corrected chi connectivity index (χ2v) is 4.82. The van der Waals surface area contributed by atoms with E-state index in [0.717, 1.165) is 4.90 Å². The van der Waals surface area contributed by atoms with Crippen LogP contribution in [0.2, 0.25) is 0 Å². The molecule has 1 aromatic rings. The molecule has 1 atom stereocenters. The van der Waals surface area contributed by atoms with E-state index in [9.17, 15) is 18.8 Å². The Kier molecular flexibility index (Phi) is 4.25. The fourth-order valence-corrected chi connectivity index (χ4v) is 2.10. The van der Waals surface area contributed by atoms with Gasteiger partial charge in [0.05, 0.1) is 12.8 Å². The summed E-state index contributed by atoms with van der Waals surface area (Å²) in [6, 6.07) is 3.05. The summed E-state index contributed by atoms with van der Waals surface area (Å²) in [7, 11) is 0. The number of hydrogen-bond acceptors (Lipinski definition) is 4. The van der Waals surface area contributed by atoms with Crippen LogP contribution in [0.1, 0.15) is 23.4 Å². The van der Waals surface area contributed by atoms with Crippen LogP contribution in [0.3, 0.4) is 0 Å². The summed E-state index contributed by atoms with van der Waals surface area (Å²) in [6.07, 6.45) is 1.12. The van der Waals surface area contributed by atoms with E-state index in [2.05, 4.69) is 5.32 Å².